The number of unbranched alkanes of at least 4 members (excludes halogenated alkanes) is 1. The van der Waals surface area contributed by atoms with Crippen molar-refractivity contribution in [2.75, 3.05) is 12.3 Å². The zero-order valence-corrected chi connectivity index (χ0v) is 15.5. The summed E-state index contributed by atoms with van der Waals surface area (Å²) in [5.41, 5.74) is 8.00. The van der Waals surface area contributed by atoms with Gasteiger partial charge in [0, 0.05) is 23.7 Å². The molecule has 5 heteroatoms. The number of nitrogens with two attached hydrogens (primary N) is 1. The van der Waals surface area contributed by atoms with Gasteiger partial charge in [-0.3, -0.25) is 4.79 Å². The molecule has 130 valence electrons. The number of aromatic nitrogens is 1. The van der Waals surface area contributed by atoms with Gasteiger partial charge in [0.1, 0.15) is 9.71 Å². The number of nitrogens with zero attached hydrogens (tertiary/aromatic N) is 2. The van der Waals surface area contributed by atoms with Gasteiger partial charge in [0.15, 0.2) is 0 Å². The first-order valence-electron chi connectivity index (χ1n) is 9.14. The predicted octanol–water partition coefficient (Wildman–Crippen LogP) is 4.63. The highest BCUT2D eigenvalue weighted by atomic mass is 32.1. The van der Waals surface area contributed by atoms with E-state index in [-0.39, 0.29) is 5.91 Å². The van der Waals surface area contributed by atoms with Gasteiger partial charge in [-0.15, -0.1) is 11.3 Å². The van der Waals surface area contributed by atoms with E-state index in [4.69, 9.17) is 10.7 Å². The fourth-order valence-electron chi connectivity index (χ4n) is 3.51. The Morgan fingerprint density at radius 2 is 2.21 bits per heavy atom. The summed E-state index contributed by atoms with van der Waals surface area (Å²) in [5.74, 6) is 0.0946. The second-order valence-electron chi connectivity index (χ2n) is 6.66. The summed E-state index contributed by atoms with van der Waals surface area (Å²) in [6.07, 6.45) is 7.69. The maximum Gasteiger partial charge on any atom is 0.266 e. The summed E-state index contributed by atoms with van der Waals surface area (Å²) in [4.78, 5) is 21.4. The van der Waals surface area contributed by atoms with Crippen LogP contribution < -0.4 is 5.73 Å². The Morgan fingerprint density at radius 3 is 2.96 bits per heavy atom. The van der Waals surface area contributed by atoms with Gasteiger partial charge in [-0.05, 0) is 50.7 Å². The lowest BCUT2D eigenvalue weighted by atomic mass is 9.99. The number of hydrogen-bond acceptors (Lipinski definition) is 4. The van der Waals surface area contributed by atoms with Crippen molar-refractivity contribution in [1.82, 2.24) is 9.88 Å². The zero-order valence-electron chi connectivity index (χ0n) is 14.7. The largest absolute Gasteiger partial charge is 0.397 e. The molecule has 0 saturated carbocycles. The molecule has 0 aliphatic carbocycles. The van der Waals surface area contributed by atoms with Crippen LogP contribution in [0.1, 0.15) is 67.7 Å². The van der Waals surface area contributed by atoms with Gasteiger partial charge in [0.2, 0.25) is 0 Å². The number of carbonyl (C=O) groups excluding carboxylic acids is 1. The van der Waals surface area contributed by atoms with E-state index >= 15 is 0 Å². The highest BCUT2D eigenvalue weighted by molar-refractivity contribution is 7.21. The van der Waals surface area contributed by atoms with Crippen LogP contribution in [0.4, 0.5) is 5.69 Å². The van der Waals surface area contributed by atoms with Gasteiger partial charge in [-0.1, -0.05) is 20.3 Å². The van der Waals surface area contributed by atoms with E-state index in [0.717, 1.165) is 61.0 Å². The van der Waals surface area contributed by atoms with Crippen molar-refractivity contribution >= 4 is 33.1 Å². The molecule has 2 aromatic heterocycles. The molecule has 1 fully saturated rings. The average Bonchev–Trinajstić information content (AvgIpc) is 2.95. The topological polar surface area (TPSA) is 59.2 Å². The van der Waals surface area contributed by atoms with Crippen LogP contribution in [0.15, 0.2) is 12.1 Å². The Hall–Kier alpha value is -1.62. The summed E-state index contributed by atoms with van der Waals surface area (Å²) in [6.45, 7) is 5.19. The first kappa shape index (κ1) is 17.2. The lowest BCUT2D eigenvalue weighted by molar-refractivity contribution is 0.0614. The van der Waals surface area contributed by atoms with Crippen molar-refractivity contribution in [3.8, 4) is 0 Å². The normalized spacial score (nSPS) is 18.2. The van der Waals surface area contributed by atoms with Crippen LogP contribution in [0.25, 0.3) is 10.2 Å². The van der Waals surface area contributed by atoms with E-state index < -0.39 is 0 Å². The number of hydrogen-bond donors (Lipinski definition) is 1. The monoisotopic (exact) mass is 345 g/mol. The SMILES string of the molecule is CCCCc1ccc2c(N)c(C(=O)N3CCCCC3CC)sc2n1. The summed E-state index contributed by atoms with van der Waals surface area (Å²) in [5, 5.41) is 0.925. The third-order valence-electron chi connectivity index (χ3n) is 4.99. The maximum absolute atomic E-state index is 13.0. The predicted molar refractivity (Wildman–Crippen MR) is 102 cm³/mol. The molecule has 0 radical (unpaired) electrons. The number of likely N-dealkylation sites (tertiary alicyclic amines) is 1. The van der Waals surface area contributed by atoms with Crippen molar-refractivity contribution in [3.63, 3.8) is 0 Å². The molecule has 0 aromatic carbocycles. The molecule has 3 rings (SSSR count). The van der Waals surface area contributed by atoms with E-state index in [1.807, 2.05) is 17.0 Å². The number of fused-ring (bicyclic) bond motifs is 1. The van der Waals surface area contributed by atoms with Crippen LogP contribution in [0.5, 0.6) is 0 Å². The quantitative estimate of drug-likeness (QED) is 0.860. The molecule has 4 nitrogen and oxygen atoms in total. The number of anilines is 1. The second kappa shape index (κ2) is 7.51. The van der Waals surface area contributed by atoms with Gasteiger partial charge in [0.05, 0.1) is 5.69 Å². The minimum atomic E-state index is 0.0946. The number of nitrogen functional groups attached to an aromatic ring is 1. The van der Waals surface area contributed by atoms with Gasteiger partial charge < -0.3 is 10.6 Å². The number of amides is 1. The molecule has 24 heavy (non-hydrogen) atoms. The van der Waals surface area contributed by atoms with Crippen molar-refractivity contribution in [1.29, 1.82) is 0 Å². The highest BCUT2D eigenvalue weighted by Gasteiger charge is 2.29. The Balaban J connectivity index is 1.91. The first-order chi connectivity index (χ1) is 11.7. The standard InChI is InChI=1S/C19H27N3OS/c1-3-5-8-13-10-11-15-16(20)17(24-18(15)21-13)19(23)22-12-7-6-9-14(22)4-2/h10-11,14H,3-9,12,20H2,1-2H3. The van der Waals surface area contributed by atoms with Crippen molar-refractivity contribution in [2.24, 2.45) is 0 Å². The van der Waals surface area contributed by atoms with Crippen molar-refractivity contribution in [3.05, 3.63) is 22.7 Å². The van der Waals surface area contributed by atoms with Crippen molar-refractivity contribution in [2.45, 2.75) is 64.8 Å². The molecular formula is C19H27N3OS. The lowest BCUT2D eigenvalue weighted by Gasteiger charge is -2.35. The van der Waals surface area contributed by atoms with Crippen LogP contribution in [-0.4, -0.2) is 28.4 Å². The van der Waals surface area contributed by atoms with Gasteiger partial charge in [-0.2, -0.15) is 0 Å². The Morgan fingerprint density at radius 1 is 1.38 bits per heavy atom. The molecule has 1 amide bonds. The Bertz CT molecular complexity index is 725. The van der Waals surface area contributed by atoms with E-state index in [2.05, 4.69) is 13.8 Å². The third kappa shape index (κ3) is 3.27. The van der Waals surface area contributed by atoms with Crippen LogP contribution in [0.3, 0.4) is 0 Å². The molecule has 1 unspecified atom stereocenters. The van der Waals surface area contributed by atoms with Gasteiger partial charge >= 0.3 is 0 Å². The Labute approximate surface area is 148 Å². The van der Waals surface area contributed by atoms with Crippen LogP contribution in [-0.2, 0) is 6.42 Å². The van der Waals surface area contributed by atoms with Crippen LogP contribution in [0.2, 0.25) is 0 Å². The van der Waals surface area contributed by atoms with Gasteiger partial charge in [0.25, 0.3) is 5.91 Å². The zero-order chi connectivity index (χ0) is 17.1. The molecule has 3 heterocycles. The average molecular weight is 346 g/mol. The molecule has 1 atom stereocenters. The molecule has 0 bridgehead atoms. The van der Waals surface area contributed by atoms with E-state index in [9.17, 15) is 4.79 Å². The summed E-state index contributed by atoms with van der Waals surface area (Å²) in [6, 6.07) is 4.43. The summed E-state index contributed by atoms with van der Waals surface area (Å²) < 4.78 is 0. The lowest BCUT2D eigenvalue weighted by Crippen LogP contribution is -2.43. The van der Waals surface area contributed by atoms with Gasteiger partial charge in [-0.25, -0.2) is 4.98 Å². The molecular weight excluding hydrogens is 318 g/mol. The number of pyridine rings is 1. The van der Waals surface area contributed by atoms with E-state index in [0.29, 0.717) is 16.6 Å². The molecule has 2 aromatic rings. The molecule has 1 saturated heterocycles. The number of thiophene rings is 1. The van der Waals surface area contributed by atoms with Crippen molar-refractivity contribution < 1.29 is 4.79 Å². The molecule has 1 aliphatic heterocycles. The van der Waals surface area contributed by atoms with E-state index in [1.165, 1.54) is 17.8 Å². The molecule has 2 N–H and O–H groups in total. The molecule has 0 spiro atoms. The summed E-state index contributed by atoms with van der Waals surface area (Å²) in [7, 11) is 0. The maximum atomic E-state index is 13.0. The van der Waals surface area contributed by atoms with E-state index in [1.54, 1.807) is 0 Å². The fourth-order valence-corrected chi connectivity index (χ4v) is 4.58. The second-order valence-corrected chi connectivity index (χ2v) is 7.66. The number of aryl methyl sites for hydroxylation is 1. The fraction of sp³-hybridized carbons (Fsp3) is 0.579. The number of carbonyl (C=O) groups is 1. The first-order valence-corrected chi connectivity index (χ1v) is 9.96. The number of rotatable bonds is 5. The minimum absolute atomic E-state index is 0.0946. The summed E-state index contributed by atoms with van der Waals surface area (Å²) >= 11 is 1.46. The highest BCUT2D eigenvalue weighted by Crippen LogP contribution is 2.35. The minimum Gasteiger partial charge on any atom is -0.397 e. The number of piperidine rings is 1. The third-order valence-corrected chi connectivity index (χ3v) is 6.09. The Kier molecular flexibility index (Phi) is 5.39. The molecule has 1 aliphatic rings. The smallest absolute Gasteiger partial charge is 0.266 e. The van der Waals surface area contributed by atoms with Crippen LogP contribution >= 0.6 is 11.3 Å². The van der Waals surface area contributed by atoms with Crippen LogP contribution in [0, 0.1) is 0 Å².